The zero-order valence-electron chi connectivity index (χ0n) is 10.6. The standard InChI is InChI=1S/C15H16N2OS/c19-15(16-12-5-2-1-3-6-12)17(13-8-9-13)11-14-7-4-10-18-14/h1-7,10,13H,8-9,11H2,(H,16,19). The van der Waals surface area contributed by atoms with Crippen LogP contribution < -0.4 is 5.32 Å². The minimum absolute atomic E-state index is 0.550. The lowest BCUT2D eigenvalue weighted by Crippen LogP contribution is -2.35. The van der Waals surface area contributed by atoms with Crippen LogP contribution in [0.3, 0.4) is 0 Å². The summed E-state index contributed by atoms with van der Waals surface area (Å²) >= 11 is 5.52. The Morgan fingerprint density at radius 1 is 1.21 bits per heavy atom. The molecular weight excluding hydrogens is 256 g/mol. The molecule has 0 spiro atoms. The molecule has 1 heterocycles. The Bertz CT molecular complexity index is 535. The Kier molecular flexibility index (Phi) is 3.51. The Balaban J connectivity index is 1.68. The van der Waals surface area contributed by atoms with E-state index in [-0.39, 0.29) is 0 Å². The van der Waals surface area contributed by atoms with Crippen LogP contribution in [-0.2, 0) is 6.54 Å². The fourth-order valence-electron chi connectivity index (χ4n) is 2.04. The van der Waals surface area contributed by atoms with Gasteiger partial charge in [0.15, 0.2) is 5.11 Å². The number of nitrogens with zero attached hydrogens (tertiary/aromatic N) is 1. The summed E-state index contributed by atoms with van der Waals surface area (Å²) in [7, 11) is 0. The van der Waals surface area contributed by atoms with E-state index < -0.39 is 0 Å². The number of anilines is 1. The van der Waals surface area contributed by atoms with Gasteiger partial charge in [0.2, 0.25) is 0 Å². The second-order valence-electron chi connectivity index (χ2n) is 4.73. The third kappa shape index (κ3) is 3.15. The third-order valence-corrected chi connectivity index (χ3v) is 3.52. The number of benzene rings is 1. The summed E-state index contributed by atoms with van der Waals surface area (Å²) in [4.78, 5) is 2.21. The molecule has 4 heteroatoms. The summed E-state index contributed by atoms with van der Waals surface area (Å²) in [5.41, 5.74) is 1.03. The molecule has 1 aromatic carbocycles. The van der Waals surface area contributed by atoms with E-state index in [4.69, 9.17) is 16.6 Å². The smallest absolute Gasteiger partial charge is 0.174 e. The minimum Gasteiger partial charge on any atom is -0.467 e. The van der Waals surface area contributed by atoms with Crippen LogP contribution in [0.15, 0.2) is 53.1 Å². The average molecular weight is 272 g/mol. The van der Waals surface area contributed by atoms with Gasteiger partial charge < -0.3 is 14.6 Å². The SMILES string of the molecule is S=C(Nc1ccccc1)N(Cc1ccco1)C1CC1. The Morgan fingerprint density at radius 3 is 2.63 bits per heavy atom. The zero-order valence-corrected chi connectivity index (χ0v) is 11.4. The minimum atomic E-state index is 0.550. The molecule has 2 aromatic rings. The van der Waals surface area contributed by atoms with Crippen LogP contribution in [0.4, 0.5) is 5.69 Å². The first-order valence-electron chi connectivity index (χ1n) is 6.48. The number of para-hydroxylation sites is 1. The number of hydrogen-bond donors (Lipinski definition) is 1. The maximum absolute atomic E-state index is 5.52. The van der Waals surface area contributed by atoms with E-state index in [1.54, 1.807) is 6.26 Å². The summed E-state index contributed by atoms with van der Waals surface area (Å²) in [6.07, 6.45) is 4.11. The highest BCUT2D eigenvalue weighted by atomic mass is 32.1. The number of furan rings is 1. The van der Waals surface area contributed by atoms with E-state index in [1.807, 2.05) is 42.5 Å². The molecule has 0 atom stereocenters. The highest BCUT2D eigenvalue weighted by Gasteiger charge is 2.31. The normalized spacial score (nSPS) is 14.1. The number of rotatable bonds is 4. The summed E-state index contributed by atoms with van der Waals surface area (Å²) in [6.45, 7) is 0.732. The van der Waals surface area contributed by atoms with Crippen LogP contribution in [-0.4, -0.2) is 16.1 Å². The monoisotopic (exact) mass is 272 g/mol. The highest BCUT2D eigenvalue weighted by Crippen LogP contribution is 2.29. The van der Waals surface area contributed by atoms with Gasteiger partial charge in [-0.05, 0) is 49.3 Å². The van der Waals surface area contributed by atoms with Gasteiger partial charge in [-0.1, -0.05) is 18.2 Å². The molecule has 1 N–H and O–H groups in total. The molecule has 1 aliphatic carbocycles. The van der Waals surface area contributed by atoms with Crippen molar-refractivity contribution in [1.29, 1.82) is 0 Å². The topological polar surface area (TPSA) is 28.4 Å². The van der Waals surface area contributed by atoms with E-state index in [0.717, 1.165) is 23.1 Å². The predicted octanol–water partition coefficient (Wildman–Crippen LogP) is 3.64. The molecule has 0 bridgehead atoms. The second kappa shape index (κ2) is 5.45. The molecule has 1 aromatic heterocycles. The lowest BCUT2D eigenvalue weighted by atomic mass is 10.3. The highest BCUT2D eigenvalue weighted by molar-refractivity contribution is 7.80. The van der Waals surface area contributed by atoms with Crippen molar-refractivity contribution in [3.05, 3.63) is 54.5 Å². The Morgan fingerprint density at radius 2 is 2.00 bits per heavy atom. The van der Waals surface area contributed by atoms with Crippen molar-refractivity contribution < 1.29 is 4.42 Å². The van der Waals surface area contributed by atoms with Gasteiger partial charge in [0.25, 0.3) is 0 Å². The molecule has 0 saturated heterocycles. The van der Waals surface area contributed by atoms with Crippen molar-refractivity contribution in [2.24, 2.45) is 0 Å². The van der Waals surface area contributed by atoms with Gasteiger partial charge in [-0.2, -0.15) is 0 Å². The maximum atomic E-state index is 5.52. The van der Waals surface area contributed by atoms with Gasteiger partial charge in [0.05, 0.1) is 12.8 Å². The maximum Gasteiger partial charge on any atom is 0.174 e. The van der Waals surface area contributed by atoms with Crippen molar-refractivity contribution in [1.82, 2.24) is 4.90 Å². The Labute approximate surface area is 118 Å². The predicted molar refractivity (Wildman–Crippen MR) is 79.9 cm³/mol. The van der Waals surface area contributed by atoms with Crippen molar-refractivity contribution >= 4 is 23.0 Å². The first-order valence-corrected chi connectivity index (χ1v) is 6.89. The van der Waals surface area contributed by atoms with Gasteiger partial charge in [0, 0.05) is 11.7 Å². The third-order valence-electron chi connectivity index (χ3n) is 3.18. The molecule has 3 rings (SSSR count). The molecule has 0 unspecified atom stereocenters. The lowest BCUT2D eigenvalue weighted by Gasteiger charge is -2.24. The zero-order chi connectivity index (χ0) is 13.1. The molecular formula is C15H16N2OS. The molecule has 0 aliphatic heterocycles. The fraction of sp³-hybridized carbons (Fsp3) is 0.267. The number of hydrogen-bond acceptors (Lipinski definition) is 2. The summed E-state index contributed by atoms with van der Waals surface area (Å²) in [6, 6.07) is 14.5. The van der Waals surface area contributed by atoms with E-state index in [2.05, 4.69) is 10.2 Å². The molecule has 1 fully saturated rings. The fourth-order valence-corrected chi connectivity index (χ4v) is 2.37. The van der Waals surface area contributed by atoms with E-state index >= 15 is 0 Å². The van der Waals surface area contributed by atoms with E-state index in [9.17, 15) is 0 Å². The summed E-state index contributed by atoms with van der Waals surface area (Å²) in [5, 5.41) is 4.06. The lowest BCUT2D eigenvalue weighted by molar-refractivity contribution is 0.358. The molecule has 19 heavy (non-hydrogen) atoms. The van der Waals surface area contributed by atoms with Crippen molar-refractivity contribution in [2.75, 3.05) is 5.32 Å². The number of thiocarbonyl (C=S) groups is 1. The van der Waals surface area contributed by atoms with E-state index in [1.165, 1.54) is 12.8 Å². The molecule has 0 radical (unpaired) electrons. The van der Waals surface area contributed by atoms with Crippen LogP contribution in [0.5, 0.6) is 0 Å². The van der Waals surface area contributed by atoms with Crippen LogP contribution in [0.2, 0.25) is 0 Å². The van der Waals surface area contributed by atoms with Gasteiger partial charge in [-0.3, -0.25) is 0 Å². The molecule has 3 nitrogen and oxygen atoms in total. The molecule has 98 valence electrons. The van der Waals surface area contributed by atoms with Crippen LogP contribution in [0.1, 0.15) is 18.6 Å². The van der Waals surface area contributed by atoms with Gasteiger partial charge in [-0.25, -0.2) is 0 Å². The van der Waals surface area contributed by atoms with Crippen molar-refractivity contribution in [3.63, 3.8) is 0 Å². The first-order chi connectivity index (χ1) is 9.33. The van der Waals surface area contributed by atoms with Crippen molar-refractivity contribution in [2.45, 2.75) is 25.4 Å². The van der Waals surface area contributed by atoms with Crippen LogP contribution in [0, 0.1) is 0 Å². The van der Waals surface area contributed by atoms with Gasteiger partial charge in [0.1, 0.15) is 5.76 Å². The van der Waals surface area contributed by atoms with Gasteiger partial charge in [-0.15, -0.1) is 0 Å². The summed E-state index contributed by atoms with van der Waals surface area (Å²) < 4.78 is 5.41. The van der Waals surface area contributed by atoms with Crippen molar-refractivity contribution in [3.8, 4) is 0 Å². The quantitative estimate of drug-likeness (QED) is 0.860. The van der Waals surface area contributed by atoms with Crippen LogP contribution >= 0.6 is 12.2 Å². The first kappa shape index (κ1) is 12.2. The molecule has 1 aliphatic rings. The largest absolute Gasteiger partial charge is 0.467 e. The second-order valence-corrected chi connectivity index (χ2v) is 5.12. The van der Waals surface area contributed by atoms with Gasteiger partial charge >= 0.3 is 0 Å². The Hall–Kier alpha value is -1.81. The number of nitrogens with one attached hydrogen (secondary N) is 1. The van der Waals surface area contributed by atoms with E-state index in [0.29, 0.717) is 6.04 Å². The molecule has 0 amide bonds. The molecule has 1 saturated carbocycles. The average Bonchev–Trinajstić information content (AvgIpc) is 3.14. The summed E-state index contributed by atoms with van der Waals surface area (Å²) in [5.74, 6) is 0.948. The van der Waals surface area contributed by atoms with Crippen LogP contribution in [0.25, 0.3) is 0 Å².